The van der Waals surface area contributed by atoms with Gasteiger partial charge in [-0.1, -0.05) is 43.7 Å². The molecule has 2 N–H and O–H groups in total. The maximum Gasteiger partial charge on any atom is 0.313 e. The maximum absolute atomic E-state index is 11.9. The van der Waals surface area contributed by atoms with Crippen LogP contribution in [0.2, 0.25) is 0 Å². The number of carboxylic acid groups (broad SMARTS) is 1. The summed E-state index contributed by atoms with van der Waals surface area (Å²) in [7, 11) is 0. The monoisotopic (exact) mass is 354 g/mol. The molecule has 3 rings (SSSR count). The molecule has 1 saturated heterocycles. The van der Waals surface area contributed by atoms with E-state index in [-0.39, 0.29) is 0 Å². The first-order valence-electron chi connectivity index (χ1n) is 9.18. The Balaban J connectivity index is 1.71. The fourth-order valence-corrected chi connectivity index (χ4v) is 3.90. The zero-order chi connectivity index (χ0) is 18.6. The average Bonchev–Trinajstić information content (AvgIpc) is 2.66. The summed E-state index contributed by atoms with van der Waals surface area (Å²) in [6, 6.07) is 12.2. The van der Waals surface area contributed by atoms with Crippen molar-refractivity contribution < 1.29 is 15.0 Å². The number of benzene rings is 1. The molecule has 138 valence electrons. The number of hydrogen-bond donors (Lipinski definition) is 2. The number of piperidine rings is 1. The van der Waals surface area contributed by atoms with Crippen molar-refractivity contribution in [1.82, 2.24) is 9.88 Å². The van der Waals surface area contributed by atoms with Crippen molar-refractivity contribution in [2.24, 2.45) is 5.41 Å². The minimum Gasteiger partial charge on any atom is -0.481 e. The number of carbonyl (C=O) groups is 1. The van der Waals surface area contributed by atoms with Crippen molar-refractivity contribution in [3.63, 3.8) is 0 Å². The maximum atomic E-state index is 11.9. The van der Waals surface area contributed by atoms with Crippen molar-refractivity contribution in [2.75, 3.05) is 13.1 Å². The molecule has 1 aliphatic heterocycles. The first-order valence-corrected chi connectivity index (χ1v) is 9.18. The third-order valence-corrected chi connectivity index (χ3v) is 5.34. The molecule has 1 aliphatic rings. The first-order chi connectivity index (χ1) is 12.5. The Labute approximate surface area is 154 Å². The quantitative estimate of drug-likeness (QED) is 0.833. The number of aromatic nitrogens is 1. The SMILES string of the molecule is CCC[C@]1(C(=O)O)CN(Cc2ccc(-c3cccnc3)cc2)CC[C@H]1O. The van der Waals surface area contributed by atoms with Gasteiger partial charge >= 0.3 is 5.97 Å². The van der Waals surface area contributed by atoms with Crippen LogP contribution in [0.15, 0.2) is 48.8 Å². The predicted octanol–water partition coefficient (Wildman–Crippen LogP) is 3.19. The van der Waals surface area contributed by atoms with E-state index in [4.69, 9.17) is 0 Å². The molecule has 2 heterocycles. The molecule has 0 amide bonds. The highest BCUT2D eigenvalue weighted by Gasteiger charge is 2.48. The minimum atomic E-state index is -1.05. The zero-order valence-electron chi connectivity index (χ0n) is 15.1. The molecule has 0 radical (unpaired) electrons. The Bertz CT molecular complexity index is 733. The van der Waals surface area contributed by atoms with Crippen LogP contribution < -0.4 is 0 Å². The molecule has 0 saturated carbocycles. The number of nitrogens with zero attached hydrogens (tertiary/aromatic N) is 2. The van der Waals surface area contributed by atoms with Gasteiger partial charge in [0.05, 0.1) is 6.10 Å². The zero-order valence-corrected chi connectivity index (χ0v) is 15.1. The molecule has 1 fully saturated rings. The van der Waals surface area contributed by atoms with Crippen LogP contribution in [-0.2, 0) is 11.3 Å². The second-order valence-corrected chi connectivity index (χ2v) is 7.17. The summed E-state index contributed by atoms with van der Waals surface area (Å²) in [5, 5.41) is 20.1. The van der Waals surface area contributed by atoms with Crippen LogP contribution in [0.3, 0.4) is 0 Å². The molecule has 0 aliphatic carbocycles. The summed E-state index contributed by atoms with van der Waals surface area (Å²) in [5.74, 6) is -0.886. The van der Waals surface area contributed by atoms with Crippen LogP contribution in [0.25, 0.3) is 11.1 Å². The van der Waals surface area contributed by atoms with Crippen molar-refractivity contribution in [3.05, 3.63) is 54.4 Å². The van der Waals surface area contributed by atoms with Gasteiger partial charge in [0.2, 0.25) is 0 Å². The lowest BCUT2D eigenvalue weighted by molar-refractivity contribution is -0.164. The highest BCUT2D eigenvalue weighted by Crippen LogP contribution is 2.36. The van der Waals surface area contributed by atoms with E-state index in [9.17, 15) is 15.0 Å². The molecule has 1 aromatic carbocycles. The van der Waals surface area contributed by atoms with E-state index in [0.29, 0.717) is 32.5 Å². The van der Waals surface area contributed by atoms with Gasteiger partial charge in [-0.15, -0.1) is 0 Å². The largest absolute Gasteiger partial charge is 0.481 e. The number of rotatable bonds is 6. The van der Waals surface area contributed by atoms with Gasteiger partial charge in [0.25, 0.3) is 0 Å². The molecule has 0 bridgehead atoms. The summed E-state index contributed by atoms with van der Waals surface area (Å²) in [6.07, 6.45) is 4.57. The first kappa shape index (κ1) is 18.5. The molecule has 0 spiro atoms. The van der Waals surface area contributed by atoms with Crippen LogP contribution in [0, 0.1) is 5.41 Å². The highest BCUT2D eigenvalue weighted by atomic mass is 16.4. The summed E-state index contributed by atoms with van der Waals surface area (Å²) in [6.45, 7) is 3.76. The van der Waals surface area contributed by atoms with Gasteiger partial charge < -0.3 is 10.2 Å². The number of aliphatic hydroxyl groups is 1. The van der Waals surface area contributed by atoms with E-state index in [0.717, 1.165) is 23.1 Å². The fourth-order valence-electron chi connectivity index (χ4n) is 3.90. The second kappa shape index (κ2) is 7.98. The normalized spacial score (nSPS) is 23.7. The van der Waals surface area contributed by atoms with Crippen molar-refractivity contribution in [2.45, 2.75) is 38.8 Å². The molecular formula is C21H26N2O3. The number of likely N-dealkylation sites (tertiary alicyclic amines) is 1. The Morgan fingerprint density at radius 1 is 1.27 bits per heavy atom. The lowest BCUT2D eigenvalue weighted by Gasteiger charge is -2.43. The van der Waals surface area contributed by atoms with E-state index >= 15 is 0 Å². The van der Waals surface area contributed by atoms with Crippen LogP contribution in [0.4, 0.5) is 0 Å². The fraction of sp³-hybridized carbons (Fsp3) is 0.429. The number of aliphatic carboxylic acids is 1. The lowest BCUT2D eigenvalue weighted by Crippen LogP contribution is -2.55. The third-order valence-electron chi connectivity index (χ3n) is 5.34. The van der Waals surface area contributed by atoms with Gasteiger partial charge in [0, 0.05) is 32.0 Å². The van der Waals surface area contributed by atoms with Gasteiger partial charge in [0.15, 0.2) is 0 Å². The Kier molecular flexibility index (Phi) is 5.69. The van der Waals surface area contributed by atoms with Gasteiger partial charge in [-0.25, -0.2) is 0 Å². The number of hydrogen-bond acceptors (Lipinski definition) is 4. The molecule has 5 nitrogen and oxygen atoms in total. The second-order valence-electron chi connectivity index (χ2n) is 7.17. The van der Waals surface area contributed by atoms with Gasteiger partial charge in [-0.3, -0.25) is 14.7 Å². The number of carboxylic acids is 1. The molecule has 2 aromatic rings. The van der Waals surface area contributed by atoms with Crippen LogP contribution in [-0.4, -0.2) is 45.3 Å². The topological polar surface area (TPSA) is 73.7 Å². The van der Waals surface area contributed by atoms with Gasteiger partial charge in [0.1, 0.15) is 5.41 Å². The van der Waals surface area contributed by atoms with Crippen LogP contribution in [0.5, 0.6) is 0 Å². The Morgan fingerprint density at radius 3 is 2.65 bits per heavy atom. The highest BCUT2D eigenvalue weighted by molar-refractivity contribution is 5.76. The van der Waals surface area contributed by atoms with Crippen molar-refractivity contribution in [1.29, 1.82) is 0 Å². The van der Waals surface area contributed by atoms with E-state index in [2.05, 4.69) is 34.1 Å². The molecule has 26 heavy (non-hydrogen) atoms. The van der Waals surface area contributed by atoms with Crippen LogP contribution in [0.1, 0.15) is 31.7 Å². The summed E-state index contributed by atoms with van der Waals surface area (Å²) < 4.78 is 0. The van der Waals surface area contributed by atoms with E-state index < -0.39 is 17.5 Å². The van der Waals surface area contributed by atoms with E-state index in [1.54, 1.807) is 6.20 Å². The summed E-state index contributed by atoms with van der Waals surface area (Å²) in [5.41, 5.74) is 2.28. The van der Waals surface area contributed by atoms with E-state index in [1.165, 1.54) is 0 Å². The number of pyridine rings is 1. The summed E-state index contributed by atoms with van der Waals surface area (Å²) in [4.78, 5) is 18.2. The molecule has 2 atom stereocenters. The minimum absolute atomic E-state index is 0.391. The van der Waals surface area contributed by atoms with Crippen molar-refractivity contribution in [3.8, 4) is 11.1 Å². The molecule has 5 heteroatoms. The molecular weight excluding hydrogens is 328 g/mol. The van der Waals surface area contributed by atoms with Crippen LogP contribution >= 0.6 is 0 Å². The number of aliphatic hydroxyl groups excluding tert-OH is 1. The Morgan fingerprint density at radius 2 is 2.04 bits per heavy atom. The summed E-state index contributed by atoms with van der Waals surface area (Å²) >= 11 is 0. The third kappa shape index (κ3) is 3.79. The molecule has 0 unspecified atom stereocenters. The van der Waals surface area contributed by atoms with Gasteiger partial charge in [-0.2, -0.15) is 0 Å². The standard InChI is InChI=1S/C21H26N2O3/c1-2-10-21(20(25)26)15-23(12-9-19(21)24)14-16-5-7-17(8-6-16)18-4-3-11-22-13-18/h3-8,11,13,19,24H,2,9-10,12,14-15H2,1H3,(H,25,26)/t19-,21+/m1/s1. The molecule has 1 aromatic heterocycles. The van der Waals surface area contributed by atoms with Gasteiger partial charge in [-0.05, 0) is 35.6 Å². The van der Waals surface area contributed by atoms with E-state index in [1.807, 2.05) is 25.3 Å². The predicted molar refractivity (Wildman–Crippen MR) is 101 cm³/mol. The smallest absolute Gasteiger partial charge is 0.313 e. The Hall–Kier alpha value is -2.24. The average molecular weight is 354 g/mol. The van der Waals surface area contributed by atoms with Crippen molar-refractivity contribution >= 4 is 5.97 Å². The lowest BCUT2D eigenvalue weighted by atomic mass is 9.74.